The second-order valence-electron chi connectivity index (χ2n) is 5.87. The number of ether oxygens (including phenoxy) is 3. The smallest absolute Gasteiger partial charge is 0.416 e. The average molecular weight is 411 g/mol. The van der Waals surface area contributed by atoms with E-state index >= 15 is 0 Å². The van der Waals surface area contributed by atoms with Crippen LogP contribution in [0, 0.1) is 0 Å². The summed E-state index contributed by atoms with van der Waals surface area (Å²) in [6, 6.07) is 10.9. The van der Waals surface area contributed by atoms with Gasteiger partial charge in [0, 0.05) is 5.69 Å². The number of hydrogen-bond donors (Lipinski definition) is 1. The minimum atomic E-state index is -4.53. The van der Waals surface area contributed by atoms with Gasteiger partial charge in [-0.05, 0) is 44.2 Å². The van der Waals surface area contributed by atoms with Crippen LogP contribution >= 0.6 is 0 Å². The predicted octanol–water partition coefficient (Wildman–Crippen LogP) is 4.05. The van der Waals surface area contributed by atoms with E-state index < -0.39 is 36.3 Å². The molecule has 2 rings (SSSR count). The van der Waals surface area contributed by atoms with E-state index in [1.165, 1.54) is 19.1 Å². The average Bonchev–Trinajstić information content (AvgIpc) is 2.67. The first kappa shape index (κ1) is 22.1. The monoisotopic (exact) mass is 411 g/mol. The summed E-state index contributed by atoms with van der Waals surface area (Å²) in [6.45, 7) is 3.05. The lowest BCUT2D eigenvalue weighted by molar-refractivity contribution is -0.155. The fourth-order valence-corrected chi connectivity index (χ4v) is 2.28. The van der Waals surface area contributed by atoms with Crippen LogP contribution in [0.1, 0.15) is 19.4 Å². The number of nitrogens with one attached hydrogen (secondary N) is 1. The van der Waals surface area contributed by atoms with Gasteiger partial charge in [0.15, 0.2) is 24.2 Å². The van der Waals surface area contributed by atoms with E-state index in [0.717, 1.165) is 12.1 Å². The van der Waals surface area contributed by atoms with Crippen molar-refractivity contribution in [1.29, 1.82) is 0 Å². The van der Waals surface area contributed by atoms with Gasteiger partial charge in [-0.2, -0.15) is 13.2 Å². The van der Waals surface area contributed by atoms with Crippen molar-refractivity contribution < 1.29 is 37.0 Å². The Morgan fingerprint density at radius 1 is 1.03 bits per heavy atom. The first-order valence-electron chi connectivity index (χ1n) is 8.73. The predicted molar refractivity (Wildman–Crippen MR) is 98.7 cm³/mol. The molecule has 1 unspecified atom stereocenters. The zero-order valence-electron chi connectivity index (χ0n) is 15.8. The van der Waals surface area contributed by atoms with Crippen LogP contribution < -0.4 is 14.8 Å². The summed E-state index contributed by atoms with van der Waals surface area (Å²) >= 11 is 0. The van der Waals surface area contributed by atoms with Crippen molar-refractivity contribution in [3.8, 4) is 11.5 Å². The third kappa shape index (κ3) is 6.70. The Morgan fingerprint density at radius 2 is 1.69 bits per heavy atom. The Kier molecular flexibility index (Phi) is 7.46. The summed E-state index contributed by atoms with van der Waals surface area (Å²) in [6.07, 6.45) is -5.77. The number of para-hydroxylation sites is 2. The second-order valence-corrected chi connectivity index (χ2v) is 5.87. The van der Waals surface area contributed by atoms with Crippen LogP contribution in [0.3, 0.4) is 0 Å². The van der Waals surface area contributed by atoms with Gasteiger partial charge in [0.25, 0.3) is 5.91 Å². The molecule has 156 valence electrons. The summed E-state index contributed by atoms with van der Waals surface area (Å²) in [4.78, 5) is 24.0. The zero-order chi connectivity index (χ0) is 21.4. The van der Waals surface area contributed by atoms with Crippen LogP contribution in [0.2, 0.25) is 0 Å². The lowest BCUT2D eigenvalue weighted by Crippen LogP contribution is -2.31. The normalized spacial score (nSPS) is 12.0. The Labute approximate surface area is 165 Å². The lowest BCUT2D eigenvalue weighted by atomic mass is 10.2. The van der Waals surface area contributed by atoms with Crippen LogP contribution in [0.15, 0.2) is 48.5 Å². The molecule has 0 bridgehead atoms. The summed E-state index contributed by atoms with van der Waals surface area (Å²) < 4.78 is 53.9. The van der Waals surface area contributed by atoms with Gasteiger partial charge < -0.3 is 19.5 Å². The highest BCUT2D eigenvalue weighted by molar-refractivity contribution is 5.95. The third-order valence-corrected chi connectivity index (χ3v) is 3.63. The molecule has 0 saturated heterocycles. The number of benzene rings is 2. The lowest BCUT2D eigenvalue weighted by Gasteiger charge is -2.15. The number of halogens is 3. The topological polar surface area (TPSA) is 73.9 Å². The van der Waals surface area contributed by atoms with Gasteiger partial charge >= 0.3 is 12.1 Å². The van der Waals surface area contributed by atoms with E-state index in [2.05, 4.69) is 5.32 Å². The molecule has 1 amide bonds. The molecule has 2 aromatic rings. The molecule has 0 saturated carbocycles. The quantitative estimate of drug-likeness (QED) is 0.664. The van der Waals surface area contributed by atoms with Crippen molar-refractivity contribution in [3.63, 3.8) is 0 Å². The maximum absolute atomic E-state index is 12.7. The SMILES string of the molecule is CCOc1ccccc1OCC(=O)OC(C)C(=O)Nc1cccc(C(F)(F)F)c1. The van der Waals surface area contributed by atoms with Gasteiger partial charge in [-0.25, -0.2) is 4.79 Å². The number of anilines is 1. The molecule has 29 heavy (non-hydrogen) atoms. The number of esters is 1. The second kappa shape index (κ2) is 9.81. The van der Waals surface area contributed by atoms with E-state index in [-0.39, 0.29) is 5.69 Å². The molecule has 9 heteroatoms. The van der Waals surface area contributed by atoms with Crippen molar-refractivity contribution in [2.75, 3.05) is 18.5 Å². The summed E-state index contributed by atoms with van der Waals surface area (Å²) in [5.74, 6) is -0.791. The summed E-state index contributed by atoms with van der Waals surface area (Å²) in [5.41, 5.74) is -0.962. The highest BCUT2D eigenvalue weighted by Gasteiger charge is 2.30. The molecule has 1 atom stereocenters. The molecular weight excluding hydrogens is 391 g/mol. The zero-order valence-corrected chi connectivity index (χ0v) is 15.8. The first-order chi connectivity index (χ1) is 13.7. The van der Waals surface area contributed by atoms with Crippen LogP contribution in [0.4, 0.5) is 18.9 Å². The molecule has 2 aromatic carbocycles. The van der Waals surface area contributed by atoms with Crippen molar-refractivity contribution in [1.82, 2.24) is 0 Å². The Balaban J connectivity index is 1.89. The van der Waals surface area contributed by atoms with Gasteiger partial charge in [0.1, 0.15) is 0 Å². The molecule has 0 radical (unpaired) electrons. The van der Waals surface area contributed by atoms with Crippen LogP contribution in [-0.2, 0) is 20.5 Å². The molecule has 0 aliphatic heterocycles. The van der Waals surface area contributed by atoms with Gasteiger partial charge in [0.2, 0.25) is 0 Å². The largest absolute Gasteiger partial charge is 0.490 e. The van der Waals surface area contributed by atoms with Crippen molar-refractivity contribution in [3.05, 3.63) is 54.1 Å². The number of carbonyl (C=O) groups excluding carboxylic acids is 2. The molecule has 0 aliphatic carbocycles. The molecule has 0 heterocycles. The van der Waals surface area contributed by atoms with Gasteiger partial charge in [0.05, 0.1) is 12.2 Å². The van der Waals surface area contributed by atoms with E-state index in [1.807, 2.05) is 0 Å². The maximum Gasteiger partial charge on any atom is 0.416 e. The number of amides is 1. The minimum absolute atomic E-state index is 0.0605. The van der Waals surface area contributed by atoms with Gasteiger partial charge in [-0.3, -0.25) is 4.79 Å². The van der Waals surface area contributed by atoms with E-state index in [0.29, 0.717) is 18.1 Å². The Bertz CT molecular complexity index is 854. The van der Waals surface area contributed by atoms with Gasteiger partial charge in [-0.1, -0.05) is 18.2 Å². The maximum atomic E-state index is 12.7. The fourth-order valence-electron chi connectivity index (χ4n) is 2.28. The van der Waals surface area contributed by atoms with Crippen LogP contribution in [0.25, 0.3) is 0 Å². The number of carbonyl (C=O) groups is 2. The molecular formula is C20H20F3NO5. The first-order valence-corrected chi connectivity index (χ1v) is 8.73. The number of alkyl halides is 3. The minimum Gasteiger partial charge on any atom is -0.490 e. The van der Waals surface area contributed by atoms with E-state index in [4.69, 9.17) is 14.2 Å². The molecule has 6 nitrogen and oxygen atoms in total. The number of hydrogen-bond acceptors (Lipinski definition) is 5. The molecule has 1 N–H and O–H groups in total. The molecule has 0 aliphatic rings. The van der Waals surface area contributed by atoms with Crippen molar-refractivity contribution >= 4 is 17.6 Å². The third-order valence-electron chi connectivity index (χ3n) is 3.63. The van der Waals surface area contributed by atoms with Gasteiger partial charge in [-0.15, -0.1) is 0 Å². The highest BCUT2D eigenvalue weighted by atomic mass is 19.4. The summed E-state index contributed by atoms with van der Waals surface area (Å²) in [5, 5.41) is 2.28. The number of rotatable bonds is 8. The fraction of sp³-hybridized carbons (Fsp3) is 0.300. The molecule has 0 aromatic heterocycles. The van der Waals surface area contributed by atoms with Crippen LogP contribution in [0.5, 0.6) is 11.5 Å². The van der Waals surface area contributed by atoms with E-state index in [1.54, 1.807) is 31.2 Å². The standard InChI is InChI=1S/C20H20F3NO5/c1-3-27-16-9-4-5-10-17(16)28-12-18(25)29-13(2)19(26)24-15-8-6-7-14(11-15)20(21,22)23/h4-11,13H,3,12H2,1-2H3,(H,24,26). The Morgan fingerprint density at radius 3 is 2.31 bits per heavy atom. The van der Waals surface area contributed by atoms with Crippen molar-refractivity contribution in [2.24, 2.45) is 0 Å². The Hall–Kier alpha value is -3.23. The highest BCUT2D eigenvalue weighted by Crippen LogP contribution is 2.30. The summed E-state index contributed by atoms with van der Waals surface area (Å²) in [7, 11) is 0. The molecule has 0 fully saturated rings. The van der Waals surface area contributed by atoms with Crippen LogP contribution in [-0.4, -0.2) is 31.2 Å². The van der Waals surface area contributed by atoms with E-state index in [9.17, 15) is 22.8 Å². The molecule has 0 spiro atoms. The van der Waals surface area contributed by atoms with Crippen molar-refractivity contribution in [2.45, 2.75) is 26.1 Å².